The number of hydrogen-bond acceptors (Lipinski definition) is 4. The van der Waals surface area contributed by atoms with Crippen molar-refractivity contribution in [2.75, 3.05) is 6.54 Å². The maximum atomic E-state index is 10.5. The van der Waals surface area contributed by atoms with Gasteiger partial charge in [-0.1, -0.05) is 0 Å². The highest BCUT2D eigenvalue weighted by Crippen LogP contribution is 1.87. The summed E-state index contributed by atoms with van der Waals surface area (Å²) in [6, 6.07) is -1.11. The predicted molar refractivity (Wildman–Crippen MR) is 48.8 cm³/mol. The molecule has 0 saturated carbocycles. The molecule has 1 atom stereocenters. The number of carbonyl (C=O) groups is 2. The normalized spacial score (nSPS) is 10.5. The Morgan fingerprint density at radius 2 is 1.75 bits per heavy atom. The minimum atomic E-state index is -1.18. The zero-order valence-electron chi connectivity index (χ0n) is 6.23. The van der Waals surface area contributed by atoms with E-state index in [1.54, 1.807) is 0 Å². The Morgan fingerprint density at radius 1 is 1.33 bits per heavy atom. The van der Waals surface area contributed by atoms with E-state index < -0.39 is 12.0 Å². The Balaban J connectivity index is -0.000000405. The number of carboxylic acids is 1. The van der Waals surface area contributed by atoms with E-state index in [4.69, 9.17) is 16.6 Å². The van der Waals surface area contributed by atoms with Crippen LogP contribution < -0.4 is 11.5 Å². The number of ketones is 1. The summed E-state index contributed by atoms with van der Waals surface area (Å²) in [5, 5.41) is 8.21. The van der Waals surface area contributed by atoms with Crippen LogP contribution in [0.3, 0.4) is 0 Å². The van der Waals surface area contributed by atoms with Crippen molar-refractivity contribution in [3.63, 3.8) is 0 Å². The van der Waals surface area contributed by atoms with Crippen molar-refractivity contribution in [2.24, 2.45) is 11.5 Å². The van der Waals surface area contributed by atoms with Gasteiger partial charge in [-0.2, -0.15) is 0 Å². The molecule has 5 N–H and O–H groups in total. The topological polar surface area (TPSA) is 106 Å². The lowest BCUT2D eigenvalue weighted by Gasteiger charge is -2.01. The van der Waals surface area contributed by atoms with E-state index in [9.17, 15) is 9.59 Å². The lowest BCUT2D eigenvalue weighted by Crippen LogP contribution is -2.34. The summed E-state index contributed by atoms with van der Waals surface area (Å²) in [5.74, 6) is -1.52. The summed E-state index contributed by atoms with van der Waals surface area (Å²) in [6.07, 6.45) is -0.189. The van der Waals surface area contributed by atoms with Crippen molar-refractivity contribution >= 4 is 36.6 Å². The number of halogens is 2. The molecule has 7 heteroatoms. The Kier molecular flexibility index (Phi) is 12.8. The average Bonchev–Trinajstić information content (AvgIpc) is 1.87. The molecule has 0 aliphatic carbocycles. The number of hydrogen-bond donors (Lipinski definition) is 3. The first kappa shape index (κ1) is 17.7. The van der Waals surface area contributed by atoms with Gasteiger partial charge in [0.2, 0.25) is 0 Å². The second kappa shape index (κ2) is 8.73. The highest BCUT2D eigenvalue weighted by atomic mass is 35.5. The fourth-order valence-corrected chi connectivity index (χ4v) is 0.416. The van der Waals surface area contributed by atoms with Crippen LogP contribution in [0, 0.1) is 0 Å². The van der Waals surface area contributed by atoms with E-state index in [-0.39, 0.29) is 43.6 Å². The maximum Gasteiger partial charge on any atom is 0.320 e. The monoisotopic (exact) mass is 218 g/mol. The van der Waals surface area contributed by atoms with Crippen molar-refractivity contribution in [3.8, 4) is 0 Å². The van der Waals surface area contributed by atoms with Gasteiger partial charge in [0.25, 0.3) is 0 Å². The second-order valence-corrected chi connectivity index (χ2v) is 1.89. The molecule has 0 saturated heterocycles. The highest BCUT2D eigenvalue weighted by Gasteiger charge is 2.14. The van der Waals surface area contributed by atoms with Gasteiger partial charge in [-0.15, -0.1) is 24.8 Å². The first-order valence-corrected chi connectivity index (χ1v) is 2.78. The molecule has 0 radical (unpaired) electrons. The number of nitrogens with two attached hydrogens (primary N) is 2. The summed E-state index contributed by atoms with van der Waals surface area (Å²) in [6.45, 7) is -0.152. The first-order valence-electron chi connectivity index (χ1n) is 2.78. The van der Waals surface area contributed by atoms with Gasteiger partial charge in [-0.05, 0) is 0 Å². The smallest absolute Gasteiger partial charge is 0.320 e. The van der Waals surface area contributed by atoms with Gasteiger partial charge in [0.1, 0.15) is 11.8 Å². The molecule has 5 nitrogen and oxygen atoms in total. The molecule has 12 heavy (non-hydrogen) atoms. The molecule has 0 amide bonds. The maximum absolute atomic E-state index is 10.5. The molecule has 0 aliphatic rings. The number of carbonyl (C=O) groups excluding carboxylic acids is 1. The summed E-state index contributed by atoms with van der Waals surface area (Å²) < 4.78 is 0. The van der Waals surface area contributed by atoms with E-state index in [0.717, 1.165) is 0 Å². The van der Waals surface area contributed by atoms with Crippen LogP contribution in [0.5, 0.6) is 0 Å². The predicted octanol–water partition coefficient (Wildman–Crippen LogP) is -0.840. The van der Waals surface area contributed by atoms with Crippen molar-refractivity contribution in [3.05, 3.63) is 0 Å². The first-order chi connectivity index (χ1) is 4.57. The summed E-state index contributed by atoms with van der Waals surface area (Å²) in [4.78, 5) is 20.5. The van der Waals surface area contributed by atoms with Crippen molar-refractivity contribution in [1.29, 1.82) is 0 Å². The molecule has 74 valence electrons. The SMILES string of the molecule is Cl.Cl.NCC(=O)CC(N)C(=O)O. The number of Topliss-reactive ketones (excluding diaryl/α,β-unsaturated/α-hetero) is 1. The number of rotatable bonds is 4. The largest absolute Gasteiger partial charge is 0.480 e. The molecule has 0 spiro atoms. The standard InChI is InChI=1S/C5H10N2O3.2ClH/c6-2-3(8)1-4(7)5(9)10;;/h4H,1-2,6-7H2,(H,9,10);2*1H. The van der Waals surface area contributed by atoms with Gasteiger partial charge in [0.05, 0.1) is 6.54 Å². The molecule has 0 aromatic rings. The van der Waals surface area contributed by atoms with Crippen LogP contribution in [0.1, 0.15) is 6.42 Å². The molecule has 0 rings (SSSR count). The molecule has 0 heterocycles. The molecule has 0 aromatic carbocycles. The minimum absolute atomic E-state index is 0. The number of aliphatic carboxylic acids is 1. The lowest BCUT2D eigenvalue weighted by atomic mass is 10.1. The summed E-state index contributed by atoms with van der Waals surface area (Å²) in [5.41, 5.74) is 9.94. The van der Waals surface area contributed by atoms with Gasteiger partial charge in [-0.25, -0.2) is 0 Å². The van der Waals surface area contributed by atoms with E-state index >= 15 is 0 Å². The minimum Gasteiger partial charge on any atom is -0.480 e. The van der Waals surface area contributed by atoms with Crippen LogP contribution in [-0.2, 0) is 9.59 Å². The van der Waals surface area contributed by atoms with Crippen molar-refractivity contribution in [1.82, 2.24) is 0 Å². The fraction of sp³-hybridized carbons (Fsp3) is 0.600. The van der Waals surface area contributed by atoms with Gasteiger partial charge in [-0.3, -0.25) is 9.59 Å². The van der Waals surface area contributed by atoms with Crippen LogP contribution in [0.2, 0.25) is 0 Å². The van der Waals surface area contributed by atoms with Crippen LogP contribution in [0.15, 0.2) is 0 Å². The highest BCUT2D eigenvalue weighted by molar-refractivity contribution is 5.86. The van der Waals surface area contributed by atoms with Gasteiger partial charge in [0, 0.05) is 6.42 Å². The van der Waals surface area contributed by atoms with Crippen LogP contribution in [0.25, 0.3) is 0 Å². The van der Waals surface area contributed by atoms with E-state index in [1.807, 2.05) is 0 Å². The van der Waals surface area contributed by atoms with Crippen LogP contribution in [0.4, 0.5) is 0 Å². The second-order valence-electron chi connectivity index (χ2n) is 1.89. The molecule has 0 aliphatic heterocycles. The Morgan fingerprint density at radius 3 is 2.00 bits per heavy atom. The lowest BCUT2D eigenvalue weighted by molar-refractivity contribution is -0.140. The van der Waals surface area contributed by atoms with E-state index in [1.165, 1.54) is 0 Å². The Bertz CT molecular complexity index is 154. The van der Waals surface area contributed by atoms with E-state index in [2.05, 4.69) is 0 Å². The summed E-state index contributed by atoms with van der Waals surface area (Å²) in [7, 11) is 0. The molecule has 0 bridgehead atoms. The zero-order chi connectivity index (χ0) is 8.15. The van der Waals surface area contributed by atoms with Crippen LogP contribution >= 0.6 is 24.8 Å². The fourth-order valence-electron chi connectivity index (χ4n) is 0.416. The number of carboxylic acid groups (broad SMARTS) is 1. The zero-order valence-corrected chi connectivity index (χ0v) is 7.86. The Labute approximate surface area is 82.3 Å². The van der Waals surface area contributed by atoms with Crippen LogP contribution in [-0.4, -0.2) is 29.4 Å². The molecular weight excluding hydrogens is 207 g/mol. The molecule has 0 aromatic heterocycles. The van der Waals surface area contributed by atoms with Crippen molar-refractivity contribution in [2.45, 2.75) is 12.5 Å². The van der Waals surface area contributed by atoms with Gasteiger partial charge < -0.3 is 16.6 Å². The third-order valence-electron chi connectivity index (χ3n) is 0.992. The summed E-state index contributed by atoms with van der Waals surface area (Å²) >= 11 is 0. The quantitative estimate of drug-likeness (QED) is 0.571. The van der Waals surface area contributed by atoms with Crippen molar-refractivity contribution < 1.29 is 14.7 Å². The molecule has 0 fully saturated rings. The molecule has 1 unspecified atom stereocenters. The van der Waals surface area contributed by atoms with Gasteiger partial charge in [0.15, 0.2) is 0 Å². The third-order valence-corrected chi connectivity index (χ3v) is 0.992. The molecular formula is C5H12Cl2N2O3. The third kappa shape index (κ3) is 7.74. The van der Waals surface area contributed by atoms with Gasteiger partial charge >= 0.3 is 5.97 Å². The average molecular weight is 219 g/mol. The Hall–Kier alpha value is -0.360. The van der Waals surface area contributed by atoms with E-state index in [0.29, 0.717) is 0 Å².